The van der Waals surface area contributed by atoms with Gasteiger partial charge in [0.25, 0.3) is 0 Å². The van der Waals surface area contributed by atoms with Crippen molar-refractivity contribution in [2.24, 2.45) is 0 Å². The average Bonchev–Trinajstić information content (AvgIpc) is 3.38. The summed E-state index contributed by atoms with van der Waals surface area (Å²) in [5, 5.41) is 0.750. The minimum Gasteiger partial charge on any atom is -0.454 e. The molecule has 0 radical (unpaired) electrons. The number of carbonyl (C=O) groups excluding carboxylic acids is 2. The van der Waals surface area contributed by atoms with Gasteiger partial charge in [-0.25, -0.2) is 4.79 Å². The van der Waals surface area contributed by atoms with Crippen LogP contribution in [0.15, 0.2) is 72.8 Å². The lowest BCUT2D eigenvalue weighted by molar-refractivity contribution is 0.0475. The number of esters is 1. The molecule has 2 aliphatic rings. The quantitative estimate of drug-likeness (QED) is 0.295. The van der Waals surface area contributed by atoms with E-state index in [1.165, 1.54) is 5.56 Å². The maximum atomic E-state index is 13.4. The minimum atomic E-state index is -0.498. The molecule has 4 aromatic rings. The number of ether oxygens (including phenoxy) is 3. The van der Waals surface area contributed by atoms with Crippen LogP contribution in [0.2, 0.25) is 0 Å². The monoisotopic (exact) mass is 465 g/mol. The summed E-state index contributed by atoms with van der Waals surface area (Å²) in [5.74, 6) is 0.617. The first kappa shape index (κ1) is 21.4. The van der Waals surface area contributed by atoms with Gasteiger partial charge in [0.15, 0.2) is 23.9 Å². The van der Waals surface area contributed by atoms with E-state index in [0.717, 1.165) is 35.0 Å². The van der Waals surface area contributed by atoms with Crippen molar-refractivity contribution in [1.29, 1.82) is 0 Å². The number of benzene rings is 3. The first-order valence-electron chi connectivity index (χ1n) is 11.7. The van der Waals surface area contributed by atoms with E-state index in [9.17, 15) is 9.59 Å². The van der Waals surface area contributed by atoms with Gasteiger partial charge >= 0.3 is 5.97 Å². The predicted molar refractivity (Wildman–Crippen MR) is 130 cm³/mol. The molecule has 0 spiro atoms. The molecule has 0 unspecified atom stereocenters. The van der Waals surface area contributed by atoms with E-state index in [1.54, 1.807) is 18.2 Å². The number of pyridine rings is 1. The predicted octanol–water partition coefficient (Wildman–Crippen LogP) is 5.28. The highest BCUT2D eigenvalue weighted by Gasteiger charge is 2.29. The molecule has 1 aliphatic heterocycles. The standard InChI is InChI=1S/C29H23NO5/c31-25(20-11-13-26-27(15-20)35-17-34-26)16-33-29(32)28-21-8-4-5-9-23(21)30-24-12-10-19(14-22(24)28)18-6-2-1-3-7-18/h1-9,11,13,15,19H,10,12,14,16-17H2/t19-/m0/s1. The highest BCUT2D eigenvalue weighted by molar-refractivity contribution is 6.06. The van der Waals surface area contributed by atoms with Crippen molar-refractivity contribution in [2.45, 2.75) is 25.2 Å². The number of Topliss-reactive ketones (excluding diaryl/α,β-unsaturated/α-hetero) is 1. The molecular formula is C29H23NO5. The SMILES string of the molecule is O=C(COC(=O)c1c2c(nc3ccccc13)CC[C@H](c1ccccc1)C2)c1ccc2c(c1)OCO2. The van der Waals surface area contributed by atoms with Gasteiger partial charge in [0, 0.05) is 16.6 Å². The van der Waals surface area contributed by atoms with Crippen LogP contribution in [0.1, 0.15) is 49.9 Å². The maximum absolute atomic E-state index is 13.4. The zero-order valence-electron chi connectivity index (χ0n) is 19.0. The van der Waals surface area contributed by atoms with E-state index in [4.69, 9.17) is 19.2 Å². The summed E-state index contributed by atoms with van der Waals surface area (Å²) >= 11 is 0. The highest BCUT2D eigenvalue weighted by Crippen LogP contribution is 2.37. The molecule has 2 heterocycles. The summed E-state index contributed by atoms with van der Waals surface area (Å²) in [4.78, 5) is 31.1. The van der Waals surface area contributed by atoms with E-state index in [-0.39, 0.29) is 19.2 Å². The van der Waals surface area contributed by atoms with Crippen molar-refractivity contribution in [3.8, 4) is 11.5 Å². The molecule has 6 rings (SSSR count). The van der Waals surface area contributed by atoms with E-state index >= 15 is 0 Å². The second-order valence-electron chi connectivity index (χ2n) is 8.85. The molecule has 0 saturated heterocycles. The van der Waals surface area contributed by atoms with Gasteiger partial charge < -0.3 is 14.2 Å². The van der Waals surface area contributed by atoms with Crippen molar-refractivity contribution in [3.63, 3.8) is 0 Å². The number of fused-ring (bicyclic) bond motifs is 3. The molecule has 1 aliphatic carbocycles. The largest absolute Gasteiger partial charge is 0.454 e. The van der Waals surface area contributed by atoms with Crippen LogP contribution in [0.3, 0.4) is 0 Å². The summed E-state index contributed by atoms with van der Waals surface area (Å²) in [6.45, 7) is -0.224. The Morgan fingerprint density at radius 2 is 1.74 bits per heavy atom. The molecule has 6 heteroatoms. The Morgan fingerprint density at radius 3 is 2.63 bits per heavy atom. The Balaban J connectivity index is 1.30. The van der Waals surface area contributed by atoms with Crippen LogP contribution in [0.25, 0.3) is 10.9 Å². The maximum Gasteiger partial charge on any atom is 0.339 e. The second kappa shape index (κ2) is 8.87. The van der Waals surface area contributed by atoms with Crippen molar-refractivity contribution in [3.05, 3.63) is 101 Å². The lowest BCUT2D eigenvalue weighted by atomic mass is 9.80. The molecule has 174 valence electrons. The molecule has 0 bridgehead atoms. The zero-order valence-corrected chi connectivity index (χ0v) is 19.0. The number of carbonyl (C=O) groups is 2. The smallest absolute Gasteiger partial charge is 0.339 e. The molecular weight excluding hydrogens is 442 g/mol. The third-order valence-electron chi connectivity index (χ3n) is 6.76. The van der Waals surface area contributed by atoms with Gasteiger partial charge in [-0.3, -0.25) is 9.78 Å². The lowest BCUT2D eigenvalue weighted by Gasteiger charge is -2.26. The molecule has 1 atom stereocenters. The van der Waals surface area contributed by atoms with Gasteiger partial charge in [-0.05, 0) is 60.6 Å². The van der Waals surface area contributed by atoms with Crippen molar-refractivity contribution < 1.29 is 23.8 Å². The Labute approximate surface area is 202 Å². The van der Waals surface area contributed by atoms with Crippen LogP contribution in [0.4, 0.5) is 0 Å². The number of para-hydroxylation sites is 1. The Kier molecular flexibility index (Phi) is 5.41. The number of nitrogens with zero attached hydrogens (tertiary/aromatic N) is 1. The summed E-state index contributed by atoms with van der Waals surface area (Å²) in [7, 11) is 0. The van der Waals surface area contributed by atoms with Crippen molar-refractivity contribution in [1.82, 2.24) is 4.98 Å². The van der Waals surface area contributed by atoms with Crippen molar-refractivity contribution in [2.75, 3.05) is 13.4 Å². The summed E-state index contributed by atoms with van der Waals surface area (Å²) in [6.07, 6.45) is 2.47. The first-order chi connectivity index (χ1) is 17.2. The number of ketones is 1. The average molecular weight is 466 g/mol. The lowest BCUT2D eigenvalue weighted by Crippen LogP contribution is -2.21. The van der Waals surface area contributed by atoms with Crippen LogP contribution in [-0.2, 0) is 17.6 Å². The molecule has 1 aromatic heterocycles. The second-order valence-corrected chi connectivity index (χ2v) is 8.85. The minimum absolute atomic E-state index is 0.131. The van der Waals surface area contributed by atoms with Crippen LogP contribution in [0, 0.1) is 0 Å². The Hall–Kier alpha value is -4.19. The first-order valence-corrected chi connectivity index (χ1v) is 11.7. The third kappa shape index (κ3) is 4.01. The van der Waals surface area contributed by atoms with E-state index in [1.807, 2.05) is 42.5 Å². The Morgan fingerprint density at radius 1 is 0.943 bits per heavy atom. The molecule has 0 saturated carbocycles. The number of rotatable bonds is 5. The van der Waals surface area contributed by atoms with Gasteiger partial charge in [-0.2, -0.15) is 0 Å². The number of hydrogen-bond donors (Lipinski definition) is 0. The van der Waals surface area contributed by atoms with Gasteiger partial charge in [0.2, 0.25) is 6.79 Å². The number of hydrogen-bond acceptors (Lipinski definition) is 6. The Bertz CT molecular complexity index is 1450. The van der Waals surface area contributed by atoms with E-state index < -0.39 is 5.97 Å². The molecule has 6 nitrogen and oxygen atoms in total. The van der Waals surface area contributed by atoms with Gasteiger partial charge in [-0.1, -0.05) is 48.5 Å². The van der Waals surface area contributed by atoms with Gasteiger partial charge in [0.1, 0.15) is 0 Å². The fourth-order valence-corrected chi connectivity index (χ4v) is 4.99. The van der Waals surface area contributed by atoms with Crippen LogP contribution < -0.4 is 9.47 Å². The summed E-state index contributed by atoms with van der Waals surface area (Å²) in [6, 6.07) is 22.9. The summed E-state index contributed by atoms with van der Waals surface area (Å²) in [5.41, 5.74) is 4.80. The number of aromatic nitrogens is 1. The fraction of sp³-hybridized carbons (Fsp3) is 0.207. The van der Waals surface area contributed by atoms with E-state index in [2.05, 4.69) is 12.1 Å². The van der Waals surface area contributed by atoms with E-state index in [0.29, 0.717) is 35.0 Å². The zero-order chi connectivity index (χ0) is 23.8. The highest BCUT2D eigenvalue weighted by atomic mass is 16.7. The van der Waals surface area contributed by atoms with Gasteiger partial charge in [-0.15, -0.1) is 0 Å². The topological polar surface area (TPSA) is 74.7 Å². The van der Waals surface area contributed by atoms with Crippen LogP contribution in [-0.4, -0.2) is 30.1 Å². The normalized spacial score (nSPS) is 16.1. The number of aryl methyl sites for hydroxylation is 1. The fourth-order valence-electron chi connectivity index (χ4n) is 4.99. The molecule has 0 amide bonds. The molecule has 0 N–H and O–H groups in total. The molecule has 35 heavy (non-hydrogen) atoms. The summed E-state index contributed by atoms with van der Waals surface area (Å²) < 4.78 is 16.2. The molecule has 0 fully saturated rings. The molecule has 3 aromatic carbocycles. The van der Waals surface area contributed by atoms with Crippen molar-refractivity contribution >= 4 is 22.7 Å². The third-order valence-corrected chi connectivity index (χ3v) is 6.76. The van der Waals surface area contributed by atoms with Crippen LogP contribution >= 0.6 is 0 Å². The van der Waals surface area contributed by atoms with Crippen LogP contribution in [0.5, 0.6) is 11.5 Å². The van der Waals surface area contributed by atoms with Gasteiger partial charge in [0.05, 0.1) is 11.1 Å².